The number of sulfone groups is 1. The molecule has 0 N–H and O–H groups in total. The summed E-state index contributed by atoms with van der Waals surface area (Å²) in [7, 11) is -3.26. The van der Waals surface area contributed by atoms with E-state index in [1.807, 2.05) is 19.1 Å². The summed E-state index contributed by atoms with van der Waals surface area (Å²) in [6.45, 7) is 3.36. The number of hydrogen-bond donors (Lipinski definition) is 0. The van der Waals surface area contributed by atoms with E-state index in [-0.39, 0.29) is 10.7 Å². The lowest BCUT2D eigenvalue weighted by Gasteiger charge is -2.11. The summed E-state index contributed by atoms with van der Waals surface area (Å²) < 4.78 is 23.1. The quantitative estimate of drug-likeness (QED) is 0.612. The van der Waals surface area contributed by atoms with Gasteiger partial charge in [-0.25, -0.2) is 8.42 Å². The monoisotopic (exact) mass is 348 g/mol. The van der Waals surface area contributed by atoms with E-state index in [4.69, 9.17) is 11.6 Å². The van der Waals surface area contributed by atoms with Gasteiger partial charge in [-0.3, -0.25) is 4.79 Å². The molecule has 0 heterocycles. The topological polar surface area (TPSA) is 51.2 Å². The van der Waals surface area contributed by atoms with Crippen molar-refractivity contribution in [1.82, 2.24) is 0 Å². The molecule has 0 aliphatic rings. The van der Waals surface area contributed by atoms with E-state index in [1.165, 1.54) is 19.1 Å². The standard InChI is InChI=1S/C18H17ClO3S/c1-12(14-4-8-16(19)9-5-14)18(13(2)20)15-6-10-17(11-7-15)23(3,21)22/h4-11H,1-3H3/b18-12-. The second kappa shape index (κ2) is 6.69. The second-order valence-electron chi connectivity index (χ2n) is 5.36. The van der Waals surface area contributed by atoms with Crippen LogP contribution in [0.3, 0.4) is 0 Å². The lowest BCUT2D eigenvalue weighted by Crippen LogP contribution is -2.01. The van der Waals surface area contributed by atoms with Crippen LogP contribution in [0.15, 0.2) is 53.4 Å². The third-order valence-electron chi connectivity index (χ3n) is 3.58. The van der Waals surface area contributed by atoms with Crippen molar-refractivity contribution in [2.24, 2.45) is 0 Å². The predicted molar refractivity (Wildman–Crippen MR) is 94.2 cm³/mol. The summed E-state index contributed by atoms with van der Waals surface area (Å²) in [5.41, 5.74) is 2.97. The van der Waals surface area contributed by atoms with Gasteiger partial charge in [-0.05, 0) is 54.8 Å². The van der Waals surface area contributed by atoms with Crippen LogP contribution in [-0.4, -0.2) is 20.5 Å². The lowest BCUT2D eigenvalue weighted by molar-refractivity contribution is -0.111. The average Bonchev–Trinajstić information content (AvgIpc) is 2.47. The summed E-state index contributed by atoms with van der Waals surface area (Å²) >= 11 is 5.90. The molecule has 5 heteroatoms. The van der Waals surface area contributed by atoms with Gasteiger partial charge < -0.3 is 0 Å². The van der Waals surface area contributed by atoms with Crippen molar-refractivity contribution in [2.75, 3.05) is 6.26 Å². The Morgan fingerprint density at radius 1 is 0.870 bits per heavy atom. The Morgan fingerprint density at radius 2 is 1.35 bits per heavy atom. The maximum absolute atomic E-state index is 12.1. The highest BCUT2D eigenvalue weighted by atomic mass is 35.5. The zero-order valence-electron chi connectivity index (χ0n) is 13.1. The molecule has 2 aromatic rings. The first-order valence-electron chi connectivity index (χ1n) is 6.98. The molecule has 0 spiro atoms. The Labute approximate surface area is 141 Å². The van der Waals surface area contributed by atoms with Crippen molar-refractivity contribution in [1.29, 1.82) is 0 Å². The number of ketones is 1. The van der Waals surface area contributed by atoms with Gasteiger partial charge >= 0.3 is 0 Å². The summed E-state index contributed by atoms with van der Waals surface area (Å²) in [6.07, 6.45) is 1.16. The Morgan fingerprint density at radius 3 is 1.78 bits per heavy atom. The minimum Gasteiger partial charge on any atom is -0.294 e. The van der Waals surface area contributed by atoms with Crippen LogP contribution in [0.2, 0.25) is 5.02 Å². The fraction of sp³-hybridized carbons (Fsp3) is 0.167. The van der Waals surface area contributed by atoms with E-state index < -0.39 is 9.84 Å². The third-order valence-corrected chi connectivity index (χ3v) is 4.96. The molecule has 0 amide bonds. The molecule has 0 bridgehead atoms. The number of Topliss-reactive ketones (excluding diaryl/α,β-unsaturated/α-hetero) is 1. The van der Waals surface area contributed by atoms with Crippen LogP contribution in [0.25, 0.3) is 11.1 Å². The highest BCUT2D eigenvalue weighted by Gasteiger charge is 2.14. The number of rotatable bonds is 4. The molecule has 2 aromatic carbocycles. The van der Waals surface area contributed by atoms with Gasteiger partial charge in [0.15, 0.2) is 15.6 Å². The van der Waals surface area contributed by atoms with E-state index in [0.717, 1.165) is 17.4 Å². The van der Waals surface area contributed by atoms with Gasteiger partial charge in [-0.1, -0.05) is 35.9 Å². The summed E-state index contributed by atoms with van der Waals surface area (Å²) in [5, 5.41) is 0.628. The molecule has 0 aromatic heterocycles. The van der Waals surface area contributed by atoms with Crippen molar-refractivity contribution in [2.45, 2.75) is 18.7 Å². The largest absolute Gasteiger partial charge is 0.294 e. The Hall–Kier alpha value is -1.91. The van der Waals surface area contributed by atoms with Crippen LogP contribution in [0.1, 0.15) is 25.0 Å². The number of hydrogen-bond acceptors (Lipinski definition) is 3. The average molecular weight is 349 g/mol. The highest BCUT2D eigenvalue weighted by Crippen LogP contribution is 2.28. The van der Waals surface area contributed by atoms with Gasteiger partial charge in [0, 0.05) is 16.9 Å². The van der Waals surface area contributed by atoms with E-state index in [0.29, 0.717) is 16.2 Å². The molecule has 0 saturated heterocycles. The SMILES string of the molecule is CC(=O)/C(=C(\C)c1ccc(Cl)cc1)c1ccc(S(C)(=O)=O)cc1. The molecular formula is C18H17ClO3S. The minimum absolute atomic E-state index is 0.0791. The van der Waals surface area contributed by atoms with Gasteiger partial charge in [-0.15, -0.1) is 0 Å². The van der Waals surface area contributed by atoms with Crippen molar-refractivity contribution >= 4 is 38.4 Å². The fourth-order valence-corrected chi connectivity index (χ4v) is 3.15. The summed E-state index contributed by atoms with van der Waals surface area (Å²) in [4.78, 5) is 12.3. The second-order valence-corrected chi connectivity index (χ2v) is 7.81. The zero-order valence-corrected chi connectivity index (χ0v) is 14.7. The van der Waals surface area contributed by atoms with Crippen molar-refractivity contribution < 1.29 is 13.2 Å². The minimum atomic E-state index is -3.26. The van der Waals surface area contributed by atoms with Gasteiger partial charge in [0.05, 0.1) is 4.90 Å². The van der Waals surface area contributed by atoms with Crippen LogP contribution in [0.4, 0.5) is 0 Å². The van der Waals surface area contributed by atoms with E-state index in [2.05, 4.69) is 0 Å². The smallest absolute Gasteiger partial charge is 0.175 e. The number of benzene rings is 2. The lowest BCUT2D eigenvalue weighted by atomic mass is 9.93. The van der Waals surface area contributed by atoms with Crippen LogP contribution < -0.4 is 0 Å². The fourth-order valence-electron chi connectivity index (χ4n) is 2.40. The van der Waals surface area contributed by atoms with Crippen LogP contribution in [0.5, 0.6) is 0 Å². The molecule has 0 aliphatic carbocycles. The first kappa shape index (κ1) is 17.4. The van der Waals surface area contributed by atoms with Crippen molar-refractivity contribution in [3.8, 4) is 0 Å². The van der Waals surface area contributed by atoms with Gasteiger partial charge in [-0.2, -0.15) is 0 Å². The Bertz CT molecular complexity index is 861. The molecule has 2 rings (SSSR count). The van der Waals surface area contributed by atoms with Crippen molar-refractivity contribution in [3.05, 3.63) is 64.7 Å². The Balaban J connectivity index is 2.56. The molecule has 0 unspecified atom stereocenters. The summed E-state index contributed by atoms with van der Waals surface area (Å²) in [5.74, 6) is -0.0791. The maximum atomic E-state index is 12.1. The van der Waals surface area contributed by atoms with Crippen LogP contribution in [-0.2, 0) is 14.6 Å². The molecule has 3 nitrogen and oxygen atoms in total. The van der Waals surface area contributed by atoms with Gasteiger partial charge in [0.25, 0.3) is 0 Å². The van der Waals surface area contributed by atoms with Crippen molar-refractivity contribution in [3.63, 3.8) is 0 Å². The number of halogens is 1. The first-order chi connectivity index (χ1) is 10.7. The van der Waals surface area contributed by atoms with Gasteiger partial charge in [0.1, 0.15) is 0 Å². The van der Waals surface area contributed by atoms with Crippen LogP contribution >= 0.6 is 11.6 Å². The molecule has 0 radical (unpaired) electrons. The Kier molecular flexibility index (Phi) is 5.07. The van der Waals surface area contributed by atoms with E-state index in [1.54, 1.807) is 24.3 Å². The normalized spacial score (nSPS) is 12.7. The molecule has 0 atom stereocenters. The third kappa shape index (κ3) is 4.09. The molecule has 120 valence electrons. The number of carbonyl (C=O) groups is 1. The van der Waals surface area contributed by atoms with Gasteiger partial charge in [0.2, 0.25) is 0 Å². The molecule has 0 saturated carbocycles. The van der Waals surface area contributed by atoms with Crippen LogP contribution in [0, 0.1) is 0 Å². The number of allylic oxidation sites excluding steroid dienone is 2. The first-order valence-corrected chi connectivity index (χ1v) is 9.25. The number of carbonyl (C=O) groups excluding carboxylic acids is 1. The molecule has 23 heavy (non-hydrogen) atoms. The molecular weight excluding hydrogens is 332 g/mol. The summed E-state index contributed by atoms with van der Waals surface area (Å²) in [6, 6.07) is 13.6. The van der Waals surface area contributed by atoms with E-state index >= 15 is 0 Å². The van der Waals surface area contributed by atoms with E-state index in [9.17, 15) is 13.2 Å². The highest BCUT2D eigenvalue weighted by molar-refractivity contribution is 7.90. The molecule has 0 aliphatic heterocycles. The zero-order chi connectivity index (χ0) is 17.2. The molecule has 0 fully saturated rings. The maximum Gasteiger partial charge on any atom is 0.175 e. The predicted octanol–water partition coefficient (Wildman–Crippen LogP) is 4.26.